The van der Waals surface area contributed by atoms with Crippen LogP contribution in [-0.4, -0.2) is 44.0 Å². The molecule has 0 aromatic heterocycles. The Morgan fingerprint density at radius 1 is 1.06 bits per heavy atom. The van der Waals surface area contributed by atoms with Crippen molar-refractivity contribution >= 4 is 22.4 Å². The second-order valence-electron chi connectivity index (χ2n) is 9.41. The number of rotatable bonds is 5. The van der Waals surface area contributed by atoms with Gasteiger partial charge in [0.15, 0.2) is 0 Å². The molecule has 1 unspecified atom stereocenters. The molecule has 0 spiro atoms. The highest BCUT2D eigenvalue weighted by Gasteiger charge is 2.46. The van der Waals surface area contributed by atoms with Gasteiger partial charge in [-0.1, -0.05) is 48.5 Å². The maximum Gasteiger partial charge on any atom is 0.252 e. The summed E-state index contributed by atoms with van der Waals surface area (Å²) < 4.78 is 0. The smallest absolute Gasteiger partial charge is 0.252 e. The summed E-state index contributed by atoms with van der Waals surface area (Å²) in [7, 11) is 4.29. The first kappa shape index (κ1) is 20.1. The van der Waals surface area contributed by atoms with Gasteiger partial charge in [0.05, 0.1) is 5.54 Å². The summed E-state index contributed by atoms with van der Waals surface area (Å²) in [5.74, 6) is 0.0353. The van der Waals surface area contributed by atoms with Gasteiger partial charge in [0, 0.05) is 30.4 Å². The van der Waals surface area contributed by atoms with Crippen molar-refractivity contribution in [3.63, 3.8) is 0 Å². The van der Waals surface area contributed by atoms with Crippen molar-refractivity contribution < 1.29 is 4.79 Å². The van der Waals surface area contributed by atoms with E-state index in [1.807, 2.05) is 6.92 Å². The molecule has 1 aliphatic carbocycles. The summed E-state index contributed by atoms with van der Waals surface area (Å²) in [4.78, 5) is 18.1. The molecule has 4 heteroatoms. The van der Waals surface area contributed by atoms with Crippen LogP contribution in [0.4, 0.5) is 5.69 Å². The lowest BCUT2D eigenvalue weighted by molar-refractivity contribution is 0.0930. The molecule has 31 heavy (non-hydrogen) atoms. The standard InChI is InChI=1S/C27H31N3O/c1-19-11-12-21(30-16-13-22(18-30)29(2)3)17-24(19)26(31)28-27(14-15-27)25-10-6-8-20-7-4-5-9-23(20)25/h4-12,17,22H,13-16,18H2,1-3H3,(H,28,31). The van der Waals surface area contributed by atoms with Crippen LogP contribution < -0.4 is 10.2 Å². The number of nitrogens with zero attached hydrogens (tertiary/aromatic N) is 2. The summed E-state index contributed by atoms with van der Waals surface area (Å²) >= 11 is 0. The highest BCUT2D eigenvalue weighted by molar-refractivity contribution is 5.98. The topological polar surface area (TPSA) is 35.6 Å². The Labute approximate surface area is 184 Å². The summed E-state index contributed by atoms with van der Waals surface area (Å²) in [6.07, 6.45) is 3.14. The Kier molecular flexibility index (Phi) is 4.98. The van der Waals surface area contributed by atoms with Crippen LogP contribution in [-0.2, 0) is 5.54 Å². The number of benzene rings is 3. The minimum absolute atomic E-state index is 0.0353. The molecule has 5 rings (SSSR count). The van der Waals surface area contributed by atoms with Crippen LogP contribution in [0.5, 0.6) is 0 Å². The highest BCUT2D eigenvalue weighted by Crippen LogP contribution is 2.48. The number of carbonyl (C=O) groups excluding carboxylic acids is 1. The first-order valence-corrected chi connectivity index (χ1v) is 11.3. The van der Waals surface area contributed by atoms with Gasteiger partial charge < -0.3 is 15.1 Å². The van der Waals surface area contributed by atoms with Crippen molar-refractivity contribution in [2.75, 3.05) is 32.1 Å². The molecule has 1 N–H and O–H groups in total. The SMILES string of the molecule is Cc1ccc(N2CCC(N(C)C)C2)cc1C(=O)NC1(c2cccc3ccccc23)CC1. The molecule has 3 aromatic rings. The second-order valence-corrected chi connectivity index (χ2v) is 9.41. The highest BCUT2D eigenvalue weighted by atomic mass is 16.1. The number of amides is 1. The lowest BCUT2D eigenvalue weighted by Crippen LogP contribution is -2.35. The average Bonchev–Trinajstić information content (AvgIpc) is 3.37. The van der Waals surface area contributed by atoms with Gasteiger partial charge in [-0.25, -0.2) is 0 Å². The van der Waals surface area contributed by atoms with Gasteiger partial charge >= 0.3 is 0 Å². The summed E-state index contributed by atoms with van der Waals surface area (Å²) in [5, 5.41) is 5.87. The first-order valence-electron chi connectivity index (χ1n) is 11.3. The number of anilines is 1. The largest absolute Gasteiger partial charge is 0.370 e. The molecule has 2 fully saturated rings. The maximum atomic E-state index is 13.4. The first-order chi connectivity index (χ1) is 15.0. The van der Waals surface area contributed by atoms with Crippen LogP contribution in [0.2, 0.25) is 0 Å². The average molecular weight is 414 g/mol. The Morgan fingerprint density at radius 3 is 2.58 bits per heavy atom. The van der Waals surface area contributed by atoms with Crippen molar-refractivity contribution in [3.05, 3.63) is 77.4 Å². The molecule has 1 amide bonds. The molecular weight excluding hydrogens is 382 g/mol. The molecule has 160 valence electrons. The van der Waals surface area contributed by atoms with Crippen LogP contribution >= 0.6 is 0 Å². The molecule has 1 saturated carbocycles. The second kappa shape index (κ2) is 7.69. The fourth-order valence-electron chi connectivity index (χ4n) is 4.96. The number of hydrogen-bond donors (Lipinski definition) is 1. The van der Waals surface area contributed by atoms with E-state index in [0.29, 0.717) is 6.04 Å². The van der Waals surface area contributed by atoms with E-state index in [2.05, 4.69) is 89.9 Å². The van der Waals surface area contributed by atoms with Gasteiger partial charge in [0.2, 0.25) is 0 Å². The van der Waals surface area contributed by atoms with Gasteiger partial charge in [-0.3, -0.25) is 4.79 Å². The van der Waals surface area contributed by atoms with Gasteiger partial charge in [0.1, 0.15) is 0 Å². The Hall–Kier alpha value is -2.85. The van der Waals surface area contributed by atoms with E-state index in [1.165, 1.54) is 16.3 Å². The third kappa shape index (κ3) is 3.70. The van der Waals surface area contributed by atoms with Crippen LogP contribution in [0.1, 0.15) is 40.7 Å². The normalized spacial score (nSPS) is 19.7. The van der Waals surface area contributed by atoms with E-state index in [9.17, 15) is 4.79 Å². The number of fused-ring (bicyclic) bond motifs is 1. The molecule has 2 aliphatic rings. The fourth-order valence-corrected chi connectivity index (χ4v) is 4.96. The monoisotopic (exact) mass is 413 g/mol. The number of aryl methyl sites for hydroxylation is 1. The van der Waals surface area contributed by atoms with Crippen molar-refractivity contribution in [2.24, 2.45) is 0 Å². The molecular formula is C27H31N3O. The zero-order valence-electron chi connectivity index (χ0n) is 18.7. The fraction of sp³-hybridized carbons (Fsp3) is 0.370. The number of carbonyl (C=O) groups is 1. The van der Waals surface area contributed by atoms with Crippen LogP contribution in [0, 0.1) is 6.92 Å². The van der Waals surface area contributed by atoms with Gasteiger partial charge in [-0.2, -0.15) is 0 Å². The van der Waals surface area contributed by atoms with Gasteiger partial charge in [-0.05, 0) is 74.3 Å². The van der Waals surface area contributed by atoms with E-state index < -0.39 is 0 Å². The number of hydrogen-bond acceptors (Lipinski definition) is 3. The number of likely N-dealkylation sites (N-methyl/N-ethyl adjacent to an activating group) is 1. The number of nitrogens with one attached hydrogen (secondary N) is 1. The zero-order valence-corrected chi connectivity index (χ0v) is 18.7. The summed E-state index contributed by atoms with van der Waals surface area (Å²) in [6, 6.07) is 21.8. The van der Waals surface area contributed by atoms with Crippen LogP contribution in [0.3, 0.4) is 0 Å². The minimum Gasteiger partial charge on any atom is -0.370 e. The molecule has 4 nitrogen and oxygen atoms in total. The van der Waals surface area contributed by atoms with E-state index in [-0.39, 0.29) is 11.4 Å². The molecule has 1 atom stereocenters. The van der Waals surface area contributed by atoms with Crippen molar-refractivity contribution in [1.82, 2.24) is 10.2 Å². The molecule has 1 heterocycles. The van der Waals surface area contributed by atoms with Crippen molar-refractivity contribution in [2.45, 2.75) is 37.8 Å². The zero-order chi connectivity index (χ0) is 21.6. The maximum absolute atomic E-state index is 13.4. The molecule has 0 bridgehead atoms. The van der Waals surface area contributed by atoms with Gasteiger partial charge in [-0.15, -0.1) is 0 Å². The third-order valence-corrected chi connectivity index (χ3v) is 7.13. The van der Waals surface area contributed by atoms with Gasteiger partial charge in [0.25, 0.3) is 5.91 Å². The molecule has 1 saturated heterocycles. The lowest BCUT2D eigenvalue weighted by Gasteiger charge is -2.24. The van der Waals surface area contributed by atoms with Crippen LogP contribution in [0.15, 0.2) is 60.7 Å². The van der Waals surface area contributed by atoms with Crippen molar-refractivity contribution in [1.29, 1.82) is 0 Å². The summed E-state index contributed by atoms with van der Waals surface area (Å²) in [6.45, 7) is 4.08. The predicted molar refractivity (Wildman–Crippen MR) is 128 cm³/mol. The van der Waals surface area contributed by atoms with Crippen molar-refractivity contribution in [3.8, 4) is 0 Å². The van der Waals surface area contributed by atoms with E-state index in [4.69, 9.17) is 0 Å². The Bertz CT molecular complexity index is 1130. The van der Waals surface area contributed by atoms with Crippen LogP contribution in [0.25, 0.3) is 10.8 Å². The predicted octanol–water partition coefficient (Wildman–Crippen LogP) is 4.71. The molecule has 3 aromatic carbocycles. The van der Waals surface area contributed by atoms with E-state index >= 15 is 0 Å². The molecule has 0 radical (unpaired) electrons. The Morgan fingerprint density at radius 2 is 1.84 bits per heavy atom. The quantitative estimate of drug-likeness (QED) is 0.658. The molecule has 1 aliphatic heterocycles. The third-order valence-electron chi connectivity index (χ3n) is 7.13. The Balaban J connectivity index is 1.41. The van der Waals surface area contributed by atoms with E-state index in [0.717, 1.165) is 49.2 Å². The van der Waals surface area contributed by atoms with E-state index in [1.54, 1.807) is 0 Å². The summed E-state index contributed by atoms with van der Waals surface area (Å²) in [5.41, 5.74) is 3.95. The minimum atomic E-state index is -0.246. The lowest BCUT2D eigenvalue weighted by atomic mass is 9.96.